The van der Waals surface area contributed by atoms with Crippen molar-refractivity contribution in [3.8, 4) is 0 Å². The molecule has 2 heterocycles. The van der Waals surface area contributed by atoms with Crippen LogP contribution in [0, 0.1) is 5.92 Å². The third-order valence-corrected chi connectivity index (χ3v) is 5.86. The molecule has 3 amide bonds. The smallest absolute Gasteiger partial charge is 0.329 e. The average Bonchev–Trinajstić information content (AvgIpc) is 3.00. The number of fused-ring (bicyclic) bond motifs is 1. The number of esters is 1. The van der Waals surface area contributed by atoms with E-state index in [9.17, 15) is 19.2 Å². The maximum absolute atomic E-state index is 12.9. The Kier molecular flexibility index (Phi) is 6.90. The fourth-order valence-corrected chi connectivity index (χ4v) is 4.31. The summed E-state index contributed by atoms with van der Waals surface area (Å²) in [4.78, 5) is 54.0. The van der Waals surface area contributed by atoms with Crippen molar-refractivity contribution in [1.29, 1.82) is 0 Å². The Morgan fingerprint density at radius 1 is 1.10 bits per heavy atom. The number of ether oxygens (including phenoxy) is 1. The van der Waals surface area contributed by atoms with E-state index in [1.807, 2.05) is 20.8 Å². The second-order valence-electron chi connectivity index (χ2n) is 8.42. The number of benzene rings is 1. The van der Waals surface area contributed by atoms with Crippen LogP contribution in [0.2, 0.25) is 0 Å². The first-order valence-electron chi connectivity index (χ1n) is 10.8. The molecule has 1 saturated heterocycles. The van der Waals surface area contributed by atoms with Crippen molar-refractivity contribution in [3.63, 3.8) is 0 Å². The molecule has 0 spiro atoms. The van der Waals surface area contributed by atoms with E-state index < -0.39 is 23.8 Å². The summed E-state index contributed by atoms with van der Waals surface area (Å²) in [6.07, 6.45) is 4.14. The van der Waals surface area contributed by atoms with Gasteiger partial charge in [-0.1, -0.05) is 32.9 Å². The monoisotopic (exact) mass is 414 g/mol. The molecule has 30 heavy (non-hydrogen) atoms. The van der Waals surface area contributed by atoms with Crippen LogP contribution >= 0.6 is 0 Å². The summed E-state index contributed by atoms with van der Waals surface area (Å²) in [7, 11) is 0. The topological polar surface area (TPSA) is 84.0 Å². The van der Waals surface area contributed by atoms with E-state index in [0.29, 0.717) is 17.7 Å². The standard InChI is InChI=1S/C23H30N2O5/c1-4-16-9-7-8-12-24(16)20(26)14-30-23(29)19(13-15(2)3)25-21(27)17-10-5-6-11-18(17)22(25)28/h5-6,10-11,15-16,19H,4,7-9,12-14H2,1-3H3/t16-,19+/m1/s1. The molecule has 2 aliphatic rings. The highest BCUT2D eigenvalue weighted by molar-refractivity contribution is 6.22. The van der Waals surface area contributed by atoms with Gasteiger partial charge in [0.1, 0.15) is 6.04 Å². The van der Waals surface area contributed by atoms with Gasteiger partial charge >= 0.3 is 5.97 Å². The number of amides is 3. The normalized spacial score (nSPS) is 19.8. The highest BCUT2D eigenvalue weighted by Gasteiger charge is 2.43. The van der Waals surface area contributed by atoms with Gasteiger partial charge in [0.25, 0.3) is 17.7 Å². The minimum absolute atomic E-state index is 0.0501. The summed E-state index contributed by atoms with van der Waals surface area (Å²) in [5, 5.41) is 0. The zero-order chi connectivity index (χ0) is 21.8. The highest BCUT2D eigenvalue weighted by Crippen LogP contribution is 2.27. The van der Waals surface area contributed by atoms with Crippen molar-refractivity contribution in [2.45, 2.75) is 65.0 Å². The molecule has 0 saturated carbocycles. The predicted molar refractivity (Wildman–Crippen MR) is 111 cm³/mol. The number of likely N-dealkylation sites (tertiary alicyclic amines) is 1. The van der Waals surface area contributed by atoms with Crippen molar-refractivity contribution in [2.75, 3.05) is 13.2 Å². The maximum atomic E-state index is 12.9. The molecule has 2 aliphatic heterocycles. The van der Waals surface area contributed by atoms with Gasteiger partial charge in [0.05, 0.1) is 11.1 Å². The van der Waals surface area contributed by atoms with Gasteiger partial charge in [-0.3, -0.25) is 19.3 Å². The van der Waals surface area contributed by atoms with Crippen molar-refractivity contribution < 1.29 is 23.9 Å². The molecule has 0 radical (unpaired) electrons. The van der Waals surface area contributed by atoms with E-state index in [1.54, 1.807) is 29.2 Å². The number of imide groups is 1. The van der Waals surface area contributed by atoms with Gasteiger partial charge in [0.2, 0.25) is 0 Å². The molecule has 7 heteroatoms. The molecule has 162 valence electrons. The Hall–Kier alpha value is -2.70. The van der Waals surface area contributed by atoms with Crippen LogP contribution in [-0.4, -0.2) is 58.7 Å². The first-order chi connectivity index (χ1) is 14.3. The van der Waals surface area contributed by atoms with Gasteiger partial charge in [0, 0.05) is 12.6 Å². The van der Waals surface area contributed by atoms with Crippen LogP contribution in [0.3, 0.4) is 0 Å². The lowest BCUT2D eigenvalue weighted by atomic mass is 10.00. The SMILES string of the molecule is CC[C@@H]1CCCCN1C(=O)COC(=O)[C@H](CC(C)C)N1C(=O)c2ccccc2C1=O. The molecule has 1 aromatic carbocycles. The highest BCUT2D eigenvalue weighted by atomic mass is 16.5. The van der Waals surface area contributed by atoms with Crippen LogP contribution in [0.25, 0.3) is 0 Å². The van der Waals surface area contributed by atoms with Crippen LogP contribution in [0.5, 0.6) is 0 Å². The van der Waals surface area contributed by atoms with Gasteiger partial charge in [-0.05, 0) is 50.2 Å². The summed E-state index contributed by atoms with van der Waals surface area (Å²) >= 11 is 0. The molecular formula is C23H30N2O5. The van der Waals surface area contributed by atoms with Crippen molar-refractivity contribution in [3.05, 3.63) is 35.4 Å². The first-order valence-corrected chi connectivity index (χ1v) is 10.8. The number of carbonyl (C=O) groups is 4. The van der Waals surface area contributed by atoms with E-state index in [1.165, 1.54) is 0 Å². The first kappa shape index (κ1) is 22.0. The molecule has 1 aromatic rings. The number of hydrogen-bond donors (Lipinski definition) is 0. The zero-order valence-corrected chi connectivity index (χ0v) is 17.9. The van der Waals surface area contributed by atoms with Gasteiger partial charge in [0.15, 0.2) is 6.61 Å². The Bertz CT molecular complexity index is 800. The Morgan fingerprint density at radius 2 is 1.73 bits per heavy atom. The van der Waals surface area contributed by atoms with Gasteiger partial charge < -0.3 is 9.64 Å². The van der Waals surface area contributed by atoms with Gasteiger partial charge in [-0.15, -0.1) is 0 Å². The number of carbonyl (C=O) groups excluding carboxylic acids is 4. The molecule has 0 aromatic heterocycles. The Labute approximate surface area is 177 Å². The number of piperidine rings is 1. The summed E-state index contributed by atoms with van der Waals surface area (Å²) in [6.45, 7) is 6.16. The fraction of sp³-hybridized carbons (Fsp3) is 0.565. The molecule has 1 fully saturated rings. The summed E-state index contributed by atoms with van der Waals surface area (Å²) in [6, 6.07) is 5.66. The second kappa shape index (κ2) is 9.41. The molecule has 0 bridgehead atoms. The van der Waals surface area contributed by atoms with Crippen LogP contribution in [0.15, 0.2) is 24.3 Å². The summed E-state index contributed by atoms with van der Waals surface area (Å²) in [5.41, 5.74) is 0.582. The number of rotatable bonds is 7. The predicted octanol–water partition coefficient (Wildman–Crippen LogP) is 3.03. The largest absolute Gasteiger partial charge is 0.454 e. The quantitative estimate of drug-likeness (QED) is 0.506. The molecule has 2 atom stereocenters. The van der Waals surface area contributed by atoms with Crippen LogP contribution in [-0.2, 0) is 14.3 Å². The van der Waals surface area contributed by atoms with Crippen molar-refractivity contribution >= 4 is 23.7 Å². The lowest BCUT2D eigenvalue weighted by Crippen LogP contribution is -2.48. The molecule has 0 N–H and O–H groups in total. The van der Waals surface area contributed by atoms with E-state index >= 15 is 0 Å². The van der Waals surface area contributed by atoms with Crippen LogP contribution in [0.4, 0.5) is 0 Å². The molecule has 0 aliphatic carbocycles. The Balaban J connectivity index is 1.71. The number of hydrogen-bond acceptors (Lipinski definition) is 5. The van der Waals surface area contributed by atoms with Gasteiger partial charge in [-0.2, -0.15) is 0 Å². The summed E-state index contributed by atoms with van der Waals surface area (Å²) in [5.74, 6) is -1.87. The maximum Gasteiger partial charge on any atom is 0.329 e. The van der Waals surface area contributed by atoms with Crippen molar-refractivity contribution in [2.24, 2.45) is 5.92 Å². The van der Waals surface area contributed by atoms with Crippen LogP contribution in [0.1, 0.15) is 73.6 Å². The van der Waals surface area contributed by atoms with E-state index in [0.717, 1.165) is 30.6 Å². The van der Waals surface area contributed by atoms with E-state index in [4.69, 9.17) is 4.74 Å². The van der Waals surface area contributed by atoms with Crippen molar-refractivity contribution in [1.82, 2.24) is 9.80 Å². The lowest BCUT2D eigenvalue weighted by molar-refractivity contribution is -0.157. The minimum Gasteiger partial charge on any atom is -0.454 e. The molecule has 3 rings (SSSR count). The average molecular weight is 415 g/mol. The van der Waals surface area contributed by atoms with E-state index in [2.05, 4.69) is 0 Å². The Morgan fingerprint density at radius 3 is 2.30 bits per heavy atom. The zero-order valence-electron chi connectivity index (χ0n) is 17.9. The second-order valence-corrected chi connectivity index (χ2v) is 8.42. The molecule has 0 unspecified atom stereocenters. The van der Waals surface area contributed by atoms with Gasteiger partial charge in [-0.25, -0.2) is 4.79 Å². The molecular weight excluding hydrogens is 384 g/mol. The third kappa shape index (κ3) is 4.40. The van der Waals surface area contributed by atoms with E-state index in [-0.39, 0.29) is 30.9 Å². The van der Waals surface area contributed by atoms with Crippen LogP contribution < -0.4 is 0 Å². The number of nitrogens with zero attached hydrogens (tertiary/aromatic N) is 2. The molecule has 7 nitrogen and oxygen atoms in total. The minimum atomic E-state index is -1.05. The fourth-order valence-electron chi connectivity index (χ4n) is 4.31. The summed E-state index contributed by atoms with van der Waals surface area (Å²) < 4.78 is 5.34. The third-order valence-electron chi connectivity index (χ3n) is 5.86. The lowest BCUT2D eigenvalue weighted by Gasteiger charge is -2.35.